The fourth-order valence-electron chi connectivity index (χ4n) is 1.72. The quantitative estimate of drug-likeness (QED) is 0.580. The van der Waals surface area contributed by atoms with Gasteiger partial charge in [-0.2, -0.15) is 0 Å². The summed E-state index contributed by atoms with van der Waals surface area (Å²) in [5.74, 6) is -0.337. The summed E-state index contributed by atoms with van der Waals surface area (Å²) in [5.41, 5.74) is 5.73. The number of aromatic nitrogens is 1. The van der Waals surface area contributed by atoms with Crippen LogP contribution in [0.25, 0.3) is 0 Å². The Bertz CT molecular complexity index is 434. The molecular weight excluding hydrogens is 266 g/mol. The number of nitrogens with zero attached hydrogens (tertiary/aromatic N) is 2. The van der Waals surface area contributed by atoms with E-state index in [1.807, 2.05) is 24.6 Å². The van der Waals surface area contributed by atoms with Crippen LogP contribution >= 0.6 is 0 Å². The number of rotatable bonds is 6. The topological polar surface area (TPSA) is 67.3 Å². The van der Waals surface area contributed by atoms with Gasteiger partial charge in [0.25, 0.3) is 5.91 Å². The highest BCUT2D eigenvalue weighted by atomic mass is 35.5. The Labute approximate surface area is 119 Å². The van der Waals surface area contributed by atoms with E-state index in [-0.39, 0.29) is 30.6 Å². The van der Waals surface area contributed by atoms with Gasteiger partial charge in [0.2, 0.25) is 5.91 Å². The summed E-state index contributed by atoms with van der Waals surface area (Å²) in [5, 5.41) is 0. The third-order valence-electron chi connectivity index (χ3n) is 2.77. The van der Waals surface area contributed by atoms with Gasteiger partial charge in [0.05, 0.1) is 6.42 Å². The van der Waals surface area contributed by atoms with Crippen LogP contribution in [0.1, 0.15) is 30.6 Å². The van der Waals surface area contributed by atoms with E-state index in [0.717, 1.165) is 0 Å². The largest absolute Gasteiger partial charge is 1.00 e. The normalized spacial score (nSPS) is 9.58. The van der Waals surface area contributed by atoms with E-state index < -0.39 is 0 Å². The number of carbonyl (C=O) groups excluding carboxylic acids is 2. The van der Waals surface area contributed by atoms with Crippen molar-refractivity contribution in [2.24, 2.45) is 5.73 Å². The van der Waals surface area contributed by atoms with E-state index >= 15 is 0 Å². The van der Waals surface area contributed by atoms with Crippen molar-refractivity contribution in [3.05, 3.63) is 30.1 Å². The van der Waals surface area contributed by atoms with Crippen LogP contribution in [0.3, 0.4) is 0 Å². The molecule has 106 valence electrons. The van der Waals surface area contributed by atoms with Crippen molar-refractivity contribution in [3.63, 3.8) is 0 Å². The molecule has 5 nitrogen and oxygen atoms in total. The number of halogens is 1. The molecule has 0 bridgehead atoms. The number of primary amides is 1. The summed E-state index contributed by atoms with van der Waals surface area (Å²) < 4.78 is 1.81. The second-order valence-electron chi connectivity index (χ2n) is 4.02. The van der Waals surface area contributed by atoms with Gasteiger partial charge in [0, 0.05) is 19.2 Å². The molecule has 2 amide bonds. The van der Waals surface area contributed by atoms with Crippen molar-refractivity contribution < 1.29 is 26.6 Å². The predicted molar refractivity (Wildman–Crippen MR) is 67.7 cm³/mol. The molecule has 0 aliphatic carbocycles. The lowest BCUT2D eigenvalue weighted by Gasteiger charge is -2.17. The summed E-state index contributed by atoms with van der Waals surface area (Å²) in [6.07, 6.45) is 3.85. The summed E-state index contributed by atoms with van der Waals surface area (Å²) in [6.45, 7) is 5.77. The van der Waals surface area contributed by atoms with Crippen molar-refractivity contribution in [2.75, 3.05) is 13.1 Å². The monoisotopic (exact) mass is 285 g/mol. The zero-order valence-electron chi connectivity index (χ0n) is 11.3. The number of aryl methyl sites for hydroxylation is 1. The fourth-order valence-corrected chi connectivity index (χ4v) is 1.72. The predicted octanol–water partition coefficient (Wildman–Crippen LogP) is -2.66. The van der Waals surface area contributed by atoms with E-state index in [4.69, 9.17) is 5.73 Å². The molecular formula is C13H20ClN3O2. The van der Waals surface area contributed by atoms with E-state index in [9.17, 15) is 9.59 Å². The summed E-state index contributed by atoms with van der Waals surface area (Å²) >= 11 is 0. The average molecular weight is 286 g/mol. The first kappa shape index (κ1) is 17.4. The van der Waals surface area contributed by atoms with Crippen molar-refractivity contribution in [1.29, 1.82) is 0 Å². The van der Waals surface area contributed by atoms with Crippen LogP contribution in [0.5, 0.6) is 0 Å². The Morgan fingerprint density at radius 3 is 2.47 bits per heavy atom. The number of amides is 2. The minimum atomic E-state index is -0.344. The maximum atomic E-state index is 12.1. The Morgan fingerprint density at radius 2 is 1.95 bits per heavy atom. The van der Waals surface area contributed by atoms with Gasteiger partial charge in [-0.1, -0.05) is 0 Å². The minimum Gasteiger partial charge on any atom is -1.00 e. The Morgan fingerprint density at radius 1 is 1.32 bits per heavy atom. The first-order chi connectivity index (χ1) is 8.58. The van der Waals surface area contributed by atoms with Gasteiger partial charge in [0.1, 0.15) is 5.56 Å². The van der Waals surface area contributed by atoms with Crippen LogP contribution in [0, 0.1) is 0 Å². The molecule has 0 fully saturated rings. The number of carbonyl (C=O) groups is 2. The van der Waals surface area contributed by atoms with Crippen LogP contribution in [0.2, 0.25) is 0 Å². The molecule has 19 heavy (non-hydrogen) atoms. The second kappa shape index (κ2) is 8.48. The van der Waals surface area contributed by atoms with Crippen molar-refractivity contribution >= 4 is 11.8 Å². The summed E-state index contributed by atoms with van der Waals surface area (Å²) in [4.78, 5) is 24.6. The van der Waals surface area contributed by atoms with Crippen LogP contribution < -0.4 is 22.7 Å². The third kappa shape index (κ3) is 5.26. The zero-order valence-corrected chi connectivity index (χ0v) is 12.1. The highest BCUT2D eigenvalue weighted by Gasteiger charge is 2.15. The molecule has 6 heteroatoms. The van der Waals surface area contributed by atoms with E-state index in [2.05, 4.69) is 0 Å². The molecule has 1 aromatic rings. The van der Waals surface area contributed by atoms with Gasteiger partial charge in [-0.25, -0.2) is 4.57 Å². The molecule has 1 aromatic heterocycles. The number of hydrogen-bond acceptors (Lipinski definition) is 2. The van der Waals surface area contributed by atoms with Crippen molar-refractivity contribution in [3.8, 4) is 0 Å². The first-order valence-corrected chi connectivity index (χ1v) is 6.15. The van der Waals surface area contributed by atoms with Gasteiger partial charge in [0.15, 0.2) is 18.9 Å². The summed E-state index contributed by atoms with van der Waals surface area (Å²) in [6, 6.07) is 3.58. The highest BCUT2D eigenvalue weighted by molar-refractivity contribution is 5.93. The maximum absolute atomic E-state index is 12.1. The number of hydrogen-bond donors (Lipinski definition) is 1. The van der Waals surface area contributed by atoms with Crippen molar-refractivity contribution in [2.45, 2.75) is 26.8 Å². The number of nitrogens with two attached hydrogens (primary N) is 1. The van der Waals surface area contributed by atoms with E-state index in [1.165, 1.54) is 0 Å². The standard InChI is InChI=1S/C13H19N3O2.ClH/c1-3-16(4-2)13(18)11-6-5-8-15(10-11)9-7-12(14)17;/h5-6,8,10H,3-4,7,9H2,1-2H3,(H-,14,17);1H. The minimum absolute atomic E-state index is 0. The third-order valence-corrected chi connectivity index (χ3v) is 2.77. The molecule has 0 aliphatic heterocycles. The second-order valence-corrected chi connectivity index (χ2v) is 4.02. The molecule has 0 atom stereocenters. The first-order valence-electron chi connectivity index (χ1n) is 6.15. The van der Waals surface area contributed by atoms with Crippen LogP contribution in [0.4, 0.5) is 0 Å². The maximum Gasteiger partial charge on any atom is 0.259 e. The molecule has 1 rings (SSSR count). The fraction of sp³-hybridized carbons (Fsp3) is 0.462. The van der Waals surface area contributed by atoms with Gasteiger partial charge in [-0.05, 0) is 19.9 Å². The SMILES string of the molecule is CCN(CC)C(=O)c1ccc[n+](CCC(N)=O)c1.[Cl-]. The molecule has 0 unspecified atom stereocenters. The Balaban J connectivity index is 0.00000324. The lowest BCUT2D eigenvalue weighted by Crippen LogP contribution is -3.00. The zero-order chi connectivity index (χ0) is 13.5. The summed E-state index contributed by atoms with van der Waals surface area (Å²) in [7, 11) is 0. The van der Waals surface area contributed by atoms with Gasteiger partial charge in [-0.3, -0.25) is 9.59 Å². The molecule has 0 aliphatic rings. The molecule has 0 radical (unpaired) electrons. The molecule has 0 saturated carbocycles. The van der Waals surface area contributed by atoms with Gasteiger partial charge >= 0.3 is 0 Å². The molecule has 2 N–H and O–H groups in total. The Hall–Kier alpha value is -1.62. The van der Waals surface area contributed by atoms with E-state index in [0.29, 0.717) is 25.2 Å². The smallest absolute Gasteiger partial charge is 0.259 e. The van der Waals surface area contributed by atoms with Crippen LogP contribution in [-0.4, -0.2) is 29.8 Å². The Kier molecular flexibility index (Phi) is 7.75. The molecule has 0 aromatic carbocycles. The molecule has 0 spiro atoms. The molecule has 1 heterocycles. The van der Waals surface area contributed by atoms with Gasteiger partial charge in [-0.15, -0.1) is 0 Å². The average Bonchev–Trinajstić information content (AvgIpc) is 2.38. The van der Waals surface area contributed by atoms with E-state index in [1.54, 1.807) is 23.2 Å². The molecule has 0 saturated heterocycles. The van der Waals surface area contributed by atoms with Crippen molar-refractivity contribution in [1.82, 2.24) is 4.90 Å². The lowest BCUT2D eigenvalue weighted by molar-refractivity contribution is -0.695. The van der Waals surface area contributed by atoms with Crippen LogP contribution in [-0.2, 0) is 11.3 Å². The van der Waals surface area contributed by atoms with Crippen LogP contribution in [0.15, 0.2) is 24.5 Å². The number of pyridine rings is 1. The van der Waals surface area contributed by atoms with Gasteiger partial charge < -0.3 is 23.0 Å². The lowest BCUT2D eigenvalue weighted by atomic mass is 10.2. The highest BCUT2D eigenvalue weighted by Crippen LogP contribution is 2.02.